The number of aliphatic hydroxyl groups is 1. The van der Waals surface area contributed by atoms with Crippen molar-refractivity contribution in [2.24, 2.45) is 7.05 Å². The van der Waals surface area contributed by atoms with E-state index in [9.17, 15) is 4.79 Å². The zero-order valence-electron chi connectivity index (χ0n) is 10.3. The molecule has 0 aliphatic rings. The average molecular weight is 260 g/mol. The Labute approximate surface area is 107 Å². The van der Waals surface area contributed by atoms with Crippen LogP contribution in [0.25, 0.3) is 11.0 Å². The molecule has 7 heteroatoms. The summed E-state index contributed by atoms with van der Waals surface area (Å²) in [5, 5.41) is 13.4. The van der Waals surface area contributed by atoms with Crippen LogP contribution >= 0.6 is 0 Å². The molecular weight excluding hydrogens is 248 g/mol. The summed E-state index contributed by atoms with van der Waals surface area (Å²) in [7, 11) is 1.74. The minimum Gasteiger partial charge on any atom is -0.462 e. The van der Waals surface area contributed by atoms with Crippen molar-refractivity contribution in [2.45, 2.75) is 13.2 Å². The van der Waals surface area contributed by atoms with E-state index < -0.39 is 0 Å². The van der Waals surface area contributed by atoms with Crippen molar-refractivity contribution in [2.75, 3.05) is 0 Å². The summed E-state index contributed by atoms with van der Waals surface area (Å²) in [6.45, 7) is 0.117. The quantitative estimate of drug-likeness (QED) is 0.730. The lowest BCUT2D eigenvalue weighted by Gasteiger charge is -2.02. The molecule has 0 spiro atoms. The van der Waals surface area contributed by atoms with Gasteiger partial charge in [0.25, 0.3) is 5.56 Å². The molecule has 0 bridgehead atoms. The van der Waals surface area contributed by atoms with E-state index in [0.29, 0.717) is 22.6 Å². The first-order valence-corrected chi connectivity index (χ1v) is 5.74. The number of nitrogens with zero attached hydrogens (tertiary/aromatic N) is 4. The van der Waals surface area contributed by atoms with Gasteiger partial charge in [0.1, 0.15) is 29.8 Å². The van der Waals surface area contributed by atoms with E-state index in [1.807, 2.05) is 0 Å². The van der Waals surface area contributed by atoms with Crippen molar-refractivity contribution in [1.29, 1.82) is 0 Å². The zero-order valence-corrected chi connectivity index (χ0v) is 10.3. The number of aryl methyl sites for hydroxylation is 1. The zero-order chi connectivity index (χ0) is 13.4. The lowest BCUT2D eigenvalue weighted by atomic mass is 10.4. The fraction of sp³-hybridized carbons (Fsp3) is 0.250. The predicted molar refractivity (Wildman–Crippen MR) is 66.5 cm³/mol. The van der Waals surface area contributed by atoms with Crippen molar-refractivity contribution in [3.05, 3.63) is 46.5 Å². The minimum atomic E-state index is -0.167. The molecule has 0 unspecified atom stereocenters. The highest BCUT2D eigenvalue weighted by atomic mass is 16.4. The molecule has 0 amide bonds. The van der Waals surface area contributed by atoms with Crippen molar-refractivity contribution in [3.63, 3.8) is 0 Å². The van der Waals surface area contributed by atoms with E-state index in [4.69, 9.17) is 9.52 Å². The van der Waals surface area contributed by atoms with E-state index in [0.717, 1.165) is 0 Å². The van der Waals surface area contributed by atoms with Crippen LogP contribution in [0.3, 0.4) is 0 Å². The Morgan fingerprint density at radius 2 is 2.16 bits per heavy atom. The molecule has 1 N–H and O–H groups in total. The maximum absolute atomic E-state index is 12.2. The van der Waals surface area contributed by atoms with Crippen molar-refractivity contribution >= 4 is 11.0 Å². The van der Waals surface area contributed by atoms with E-state index in [1.54, 1.807) is 23.9 Å². The monoisotopic (exact) mass is 260 g/mol. The Kier molecular flexibility index (Phi) is 2.68. The van der Waals surface area contributed by atoms with Gasteiger partial charge < -0.3 is 9.52 Å². The van der Waals surface area contributed by atoms with Gasteiger partial charge in [-0.1, -0.05) is 0 Å². The Hall–Kier alpha value is -2.41. The maximum Gasteiger partial charge on any atom is 0.264 e. The number of hydrogen-bond acceptors (Lipinski definition) is 5. The Morgan fingerprint density at radius 3 is 2.89 bits per heavy atom. The van der Waals surface area contributed by atoms with Crippen molar-refractivity contribution in [1.82, 2.24) is 19.3 Å². The third-order valence-electron chi connectivity index (χ3n) is 2.92. The van der Waals surface area contributed by atoms with Gasteiger partial charge in [-0.05, 0) is 12.1 Å². The van der Waals surface area contributed by atoms with Gasteiger partial charge in [-0.3, -0.25) is 14.0 Å². The smallest absolute Gasteiger partial charge is 0.264 e. The number of hydrogen-bond donors (Lipinski definition) is 1. The molecule has 3 heterocycles. The van der Waals surface area contributed by atoms with Crippen LogP contribution in [-0.4, -0.2) is 24.4 Å². The molecule has 0 atom stereocenters. The van der Waals surface area contributed by atoms with Crippen LogP contribution in [0.5, 0.6) is 0 Å². The van der Waals surface area contributed by atoms with Gasteiger partial charge in [0.2, 0.25) is 0 Å². The first-order valence-electron chi connectivity index (χ1n) is 5.74. The molecule has 0 radical (unpaired) electrons. The molecule has 3 aromatic heterocycles. The van der Waals surface area contributed by atoms with Crippen LogP contribution in [0, 0.1) is 0 Å². The van der Waals surface area contributed by atoms with Gasteiger partial charge in [-0.25, -0.2) is 4.98 Å². The summed E-state index contributed by atoms with van der Waals surface area (Å²) in [6.07, 6.45) is 2.97. The second-order valence-corrected chi connectivity index (χ2v) is 4.21. The highest BCUT2D eigenvalue weighted by Crippen LogP contribution is 2.09. The number of rotatable bonds is 3. The number of aliphatic hydroxyl groups excluding tert-OH is 1. The fourth-order valence-corrected chi connectivity index (χ4v) is 1.94. The normalized spacial score (nSPS) is 11.3. The molecule has 19 heavy (non-hydrogen) atoms. The third-order valence-corrected chi connectivity index (χ3v) is 2.92. The maximum atomic E-state index is 12.2. The molecule has 0 aliphatic heterocycles. The molecule has 0 fully saturated rings. The summed E-state index contributed by atoms with van der Waals surface area (Å²) in [4.78, 5) is 16.4. The summed E-state index contributed by atoms with van der Waals surface area (Å²) < 4.78 is 8.35. The fourth-order valence-electron chi connectivity index (χ4n) is 1.94. The lowest BCUT2D eigenvalue weighted by molar-refractivity contribution is 0.243. The lowest BCUT2D eigenvalue weighted by Crippen LogP contribution is -2.20. The van der Waals surface area contributed by atoms with E-state index in [-0.39, 0.29) is 18.7 Å². The number of aromatic nitrogens is 4. The Bertz CT molecular complexity index is 784. The van der Waals surface area contributed by atoms with Gasteiger partial charge in [0, 0.05) is 7.05 Å². The van der Waals surface area contributed by atoms with Gasteiger partial charge in [-0.2, -0.15) is 5.10 Å². The second kappa shape index (κ2) is 4.36. The first-order chi connectivity index (χ1) is 9.19. The summed E-state index contributed by atoms with van der Waals surface area (Å²) in [5.74, 6) is 1.06. The second-order valence-electron chi connectivity index (χ2n) is 4.21. The molecule has 3 aromatic rings. The first kappa shape index (κ1) is 11.7. The number of furan rings is 1. The largest absolute Gasteiger partial charge is 0.462 e. The third kappa shape index (κ3) is 1.93. The van der Waals surface area contributed by atoms with Gasteiger partial charge in [0.05, 0.1) is 12.7 Å². The van der Waals surface area contributed by atoms with Crippen LogP contribution < -0.4 is 5.56 Å². The molecule has 98 valence electrons. The Morgan fingerprint density at radius 1 is 1.37 bits per heavy atom. The predicted octanol–water partition coefficient (Wildman–Crippen LogP) is 0.264. The standard InChI is InChI=1S/C12H12N4O3/c1-15-11-10(4-14-15)12(18)16(7-13-11)5-8-2-3-9(6-17)19-8/h2-4,7,17H,5-6H2,1H3. The summed E-state index contributed by atoms with van der Waals surface area (Å²) in [6, 6.07) is 3.40. The highest BCUT2D eigenvalue weighted by Gasteiger charge is 2.09. The van der Waals surface area contributed by atoms with Crippen LogP contribution in [0.4, 0.5) is 0 Å². The van der Waals surface area contributed by atoms with Gasteiger partial charge in [-0.15, -0.1) is 0 Å². The molecule has 0 aliphatic carbocycles. The van der Waals surface area contributed by atoms with Crippen LogP contribution in [0.15, 0.2) is 33.9 Å². The number of fused-ring (bicyclic) bond motifs is 1. The van der Waals surface area contributed by atoms with Crippen molar-refractivity contribution < 1.29 is 9.52 Å². The minimum absolute atomic E-state index is 0.158. The van der Waals surface area contributed by atoms with Gasteiger partial charge >= 0.3 is 0 Å². The molecular formula is C12H12N4O3. The molecule has 3 rings (SSSR count). The molecule has 7 nitrogen and oxygen atoms in total. The summed E-state index contributed by atoms with van der Waals surface area (Å²) in [5.41, 5.74) is 0.386. The average Bonchev–Trinajstić information content (AvgIpc) is 3.00. The molecule has 0 aromatic carbocycles. The van der Waals surface area contributed by atoms with Crippen LogP contribution in [0.1, 0.15) is 11.5 Å². The van der Waals surface area contributed by atoms with E-state index in [2.05, 4.69) is 10.1 Å². The molecule has 0 saturated carbocycles. The Balaban J connectivity index is 2.01. The van der Waals surface area contributed by atoms with E-state index >= 15 is 0 Å². The SMILES string of the molecule is Cn1ncc2c(=O)n(Cc3ccc(CO)o3)cnc21. The molecule has 0 saturated heterocycles. The highest BCUT2D eigenvalue weighted by molar-refractivity contribution is 5.72. The summed E-state index contributed by atoms with van der Waals surface area (Å²) >= 11 is 0. The van der Waals surface area contributed by atoms with Crippen LogP contribution in [-0.2, 0) is 20.2 Å². The van der Waals surface area contributed by atoms with Crippen LogP contribution in [0.2, 0.25) is 0 Å². The van der Waals surface area contributed by atoms with Gasteiger partial charge in [0.15, 0.2) is 5.65 Å². The topological polar surface area (TPSA) is 86.1 Å². The van der Waals surface area contributed by atoms with E-state index in [1.165, 1.54) is 17.1 Å². The van der Waals surface area contributed by atoms with Crippen molar-refractivity contribution in [3.8, 4) is 0 Å².